The third-order valence-electron chi connectivity index (χ3n) is 2.44. The normalized spacial score (nSPS) is 10.4. The van der Waals surface area contributed by atoms with Gasteiger partial charge in [-0.25, -0.2) is 8.78 Å². The smallest absolute Gasteiger partial charge is 0.193 e. The lowest BCUT2D eigenvalue weighted by atomic mass is 10.0. The number of nitrogens with two attached hydrogens (primary N) is 1. The van der Waals surface area contributed by atoms with Gasteiger partial charge in [-0.15, -0.1) is 0 Å². The van der Waals surface area contributed by atoms with E-state index in [1.165, 1.54) is 30.3 Å². The molecule has 2 N–H and O–H groups in total. The summed E-state index contributed by atoms with van der Waals surface area (Å²) in [5.41, 5.74) is 5.74. The van der Waals surface area contributed by atoms with E-state index in [2.05, 4.69) is 15.9 Å². The Balaban J connectivity index is 2.41. The molecule has 2 nitrogen and oxygen atoms in total. The Kier molecular flexibility index (Phi) is 3.43. The first-order valence-corrected chi connectivity index (χ1v) is 5.83. The first kappa shape index (κ1) is 12.7. The summed E-state index contributed by atoms with van der Waals surface area (Å²) in [5, 5.41) is 0. The molecule has 0 unspecified atom stereocenters. The molecule has 0 atom stereocenters. The summed E-state index contributed by atoms with van der Waals surface area (Å²) in [7, 11) is 0. The largest absolute Gasteiger partial charge is 0.396 e. The van der Waals surface area contributed by atoms with Crippen LogP contribution >= 0.6 is 15.9 Å². The molecular formula is C13H8BrF2NO. The fraction of sp³-hybridized carbons (Fsp3) is 0. The van der Waals surface area contributed by atoms with Gasteiger partial charge < -0.3 is 5.73 Å². The molecule has 0 bridgehead atoms. The highest BCUT2D eigenvalue weighted by molar-refractivity contribution is 9.10. The number of benzene rings is 2. The van der Waals surface area contributed by atoms with Crippen molar-refractivity contribution in [3.63, 3.8) is 0 Å². The highest BCUT2D eigenvalue weighted by atomic mass is 79.9. The molecule has 0 aliphatic rings. The van der Waals surface area contributed by atoms with Crippen LogP contribution in [-0.4, -0.2) is 5.78 Å². The third-order valence-corrected chi connectivity index (χ3v) is 3.05. The quantitative estimate of drug-likeness (QED) is 0.681. The van der Waals surface area contributed by atoms with Gasteiger partial charge in [0, 0.05) is 11.1 Å². The van der Waals surface area contributed by atoms with E-state index in [1.54, 1.807) is 0 Å². The van der Waals surface area contributed by atoms with Gasteiger partial charge in [0.2, 0.25) is 0 Å². The summed E-state index contributed by atoms with van der Waals surface area (Å²) in [5.74, 6) is -1.51. The molecule has 0 amide bonds. The maximum atomic E-state index is 13.3. The predicted octanol–water partition coefficient (Wildman–Crippen LogP) is 3.54. The van der Waals surface area contributed by atoms with E-state index in [-0.39, 0.29) is 21.3 Å². The van der Waals surface area contributed by atoms with Crippen LogP contribution in [0.4, 0.5) is 14.5 Å². The van der Waals surface area contributed by atoms with Crippen molar-refractivity contribution in [1.82, 2.24) is 0 Å². The lowest BCUT2D eigenvalue weighted by Gasteiger charge is -2.04. The number of ketones is 1. The van der Waals surface area contributed by atoms with Crippen molar-refractivity contribution in [3.8, 4) is 0 Å². The van der Waals surface area contributed by atoms with Gasteiger partial charge in [0.25, 0.3) is 0 Å². The molecule has 2 aromatic rings. The Morgan fingerprint density at radius 3 is 2.22 bits per heavy atom. The third kappa shape index (κ3) is 2.41. The zero-order valence-corrected chi connectivity index (χ0v) is 10.7. The van der Waals surface area contributed by atoms with Crippen molar-refractivity contribution in [3.05, 3.63) is 63.6 Å². The minimum absolute atomic E-state index is 0.0214. The Labute approximate surface area is 111 Å². The van der Waals surface area contributed by atoms with Crippen LogP contribution in [0.3, 0.4) is 0 Å². The molecule has 0 saturated heterocycles. The minimum atomic E-state index is -0.651. The maximum Gasteiger partial charge on any atom is 0.193 e. The molecule has 2 rings (SSSR count). The van der Waals surface area contributed by atoms with Crippen LogP contribution in [0.25, 0.3) is 0 Å². The van der Waals surface area contributed by atoms with Gasteiger partial charge in [0.15, 0.2) is 5.78 Å². The van der Waals surface area contributed by atoms with E-state index in [0.717, 1.165) is 6.07 Å². The molecule has 0 spiro atoms. The van der Waals surface area contributed by atoms with E-state index in [9.17, 15) is 13.6 Å². The van der Waals surface area contributed by atoms with Crippen molar-refractivity contribution in [1.29, 1.82) is 0 Å². The van der Waals surface area contributed by atoms with Crippen molar-refractivity contribution in [2.45, 2.75) is 0 Å². The van der Waals surface area contributed by atoms with Crippen molar-refractivity contribution < 1.29 is 13.6 Å². The number of rotatable bonds is 2. The number of halogens is 3. The molecule has 18 heavy (non-hydrogen) atoms. The SMILES string of the molecule is Nc1ccc(C(=O)c2ccc(F)c(Br)c2)cc1F. The number of hydrogen-bond acceptors (Lipinski definition) is 2. The van der Waals surface area contributed by atoms with Gasteiger partial charge in [-0.2, -0.15) is 0 Å². The zero-order chi connectivity index (χ0) is 13.3. The Morgan fingerprint density at radius 2 is 1.61 bits per heavy atom. The number of carbonyl (C=O) groups excluding carboxylic acids is 1. The second-order valence-corrected chi connectivity index (χ2v) is 4.55. The lowest BCUT2D eigenvalue weighted by Crippen LogP contribution is -2.03. The standard InChI is InChI=1S/C13H8BrF2NO/c14-9-5-7(1-3-10(9)15)13(18)8-2-4-12(17)11(16)6-8/h1-6H,17H2. The molecule has 2 aromatic carbocycles. The van der Waals surface area contributed by atoms with Crippen LogP contribution in [0.2, 0.25) is 0 Å². The summed E-state index contributed by atoms with van der Waals surface area (Å²) >= 11 is 2.99. The topological polar surface area (TPSA) is 43.1 Å². The molecule has 92 valence electrons. The number of hydrogen-bond donors (Lipinski definition) is 1. The molecule has 0 fully saturated rings. The summed E-state index contributed by atoms with van der Waals surface area (Å²) in [6.07, 6.45) is 0. The fourth-order valence-electron chi connectivity index (χ4n) is 1.47. The number of nitrogen functional groups attached to an aromatic ring is 1. The maximum absolute atomic E-state index is 13.3. The number of carbonyl (C=O) groups is 1. The molecule has 0 radical (unpaired) electrons. The van der Waals surface area contributed by atoms with Crippen LogP contribution in [-0.2, 0) is 0 Å². The van der Waals surface area contributed by atoms with Crippen molar-refractivity contribution in [2.24, 2.45) is 0 Å². The highest BCUT2D eigenvalue weighted by Crippen LogP contribution is 2.20. The molecule has 0 aliphatic heterocycles. The van der Waals surface area contributed by atoms with Gasteiger partial charge >= 0.3 is 0 Å². The second kappa shape index (κ2) is 4.86. The summed E-state index contributed by atoms with van der Waals surface area (Å²) in [4.78, 5) is 12.0. The van der Waals surface area contributed by atoms with E-state index in [1.807, 2.05) is 0 Å². The van der Waals surface area contributed by atoms with E-state index < -0.39 is 17.4 Å². The lowest BCUT2D eigenvalue weighted by molar-refractivity contribution is 0.103. The van der Waals surface area contributed by atoms with Gasteiger partial charge in [-0.05, 0) is 52.3 Å². The van der Waals surface area contributed by atoms with E-state index >= 15 is 0 Å². The van der Waals surface area contributed by atoms with Gasteiger partial charge in [-0.1, -0.05) is 0 Å². The predicted molar refractivity (Wildman–Crippen MR) is 68.3 cm³/mol. The Hall–Kier alpha value is -1.75. The zero-order valence-electron chi connectivity index (χ0n) is 9.08. The van der Waals surface area contributed by atoms with Gasteiger partial charge in [0.05, 0.1) is 10.2 Å². The highest BCUT2D eigenvalue weighted by Gasteiger charge is 2.12. The van der Waals surface area contributed by atoms with Crippen LogP contribution in [0.1, 0.15) is 15.9 Å². The van der Waals surface area contributed by atoms with Gasteiger partial charge in [-0.3, -0.25) is 4.79 Å². The molecule has 0 heterocycles. The van der Waals surface area contributed by atoms with Gasteiger partial charge in [0.1, 0.15) is 11.6 Å². The first-order valence-electron chi connectivity index (χ1n) is 5.04. The van der Waals surface area contributed by atoms with Crippen LogP contribution in [0, 0.1) is 11.6 Å². The van der Waals surface area contributed by atoms with Crippen molar-refractivity contribution in [2.75, 3.05) is 5.73 Å². The van der Waals surface area contributed by atoms with Crippen LogP contribution in [0.5, 0.6) is 0 Å². The molecule has 0 aliphatic carbocycles. The Morgan fingerprint density at radius 1 is 1.00 bits per heavy atom. The molecule has 5 heteroatoms. The number of anilines is 1. The summed E-state index contributed by atoms with van der Waals surface area (Å²) in [6.45, 7) is 0. The Bertz CT molecular complexity index is 575. The first-order chi connectivity index (χ1) is 8.49. The monoisotopic (exact) mass is 311 g/mol. The van der Waals surface area contributed by atoms with Crippen LogP contribution in [0.15, 0.2) is 40.9 Å². The second-order valence-electron chi connectivity index (χ2n) is 3.69. The van der Waals surface area contributed by atoms with E-state index in [0.29, 0.717) is 0 Å². The molecule has 0 saturated carbocycles. The fourth-order valence-corrected chi connectivity index (χ4v) is 1.85. The van der Waals surface area contributed by atoms with Crippen LogP contribution < -0.4 is 5.73 Å². The average molecular weight is 312 g/mol. The van der Waals surface area contributed by atoms with Crippen molar-refractivity contribution >= 4 is 27.4 Å². The molecular weight excluding hydrogens is 304 g/mol. The summed E-state index contributed by atoms with van der Waals surface area (Å²) in [6, 6.07) is 7.68. The minimum Gasteiger partial charge on any atom is -0.396 e. The average Bonchev–Trinajstić information content (AvgIpc) is 2.35. The summed E-state index contributed by atoms with van der Waals surface area (Å²) < 4.78 is 26.5. The molecule has 0 aromatic heterocycles. The van der Waals surface area contributed by atoms with E-state index in [4.69, 9.17) is 5.73 Å².